The predicted octanol–water partition coefficient (Wildman–Crippen LogP) is 4.37. The summed E-state index contributed by atoms with van der Waals surface area (Å²) in [5, 5.41) is 13.0. The lowest BCUT2D eigenvalue weighted by Gasteiger charge is -2.09. The molecule has 1 aromatic heterocycles. The van der Waals surface area contributed by atoms with Gasteiger partial charge in [-0.05, 0) is 36.2 Å². The van der Waals surface area contributed by atoms with E-state index in [2.05, 4.69) is 41.5 Å². The molecule has 0 aliphatic rings. The Kier molecular flexibility index (Phi) is 4.05. The van der Waals surface area contributed by atoms with Gasteiger partial charge >= 0.3 is 0 Å². The molecular formula is C19H18N2O. The van der Waals surface area contributed by atoms with E-state index in [9.17, 15) is 5.11 Å². The molecule has 3 rings (SSSR count). The third-order valence-corrected chi connectivity index (χ3v) is 3.53. The number of phenols is 1. The number of nitrogens with zero attached hydrogens (tertiary/aromatic N) is 1. The number of phenolic OH excluding ortho intramolecular Hbond substituents is 1. The molecular weight excluding hydrogens is 272 g/mol. The van der Waals surface area contributed by atoms with Crippen LogP contribution in [0.2, 0.25) is 0 Å². The van der Waals surface area contributed by atoms with Crippen molar-refractivity contribution in [2.75, 3.05) is 5.32 Å². The summed E-state index contributed by atoms with van der Waals surface area (Å²) in [5.74, 6) is 0.260. The van der Waals surface area contributed by atoms with Crippen LogP contribution in [-0.2, 0) is 6.54 Å². The van der Waals surface area contributed by atoms with Crippen LogP contribution in [0.1, 0.15) is 11.1 Å². The molecule has 110 valence electrons. The van der Waals surface area contributed by atoms with Crippen LogP contribution in [0.5, 0.6) is 5.75 Å². The molecule has 3 heteroatoms. The van der Waals surface area contributed by atoms with Crippen LogP contribution in [0.4, 0.5) is 5.69 Å². The average Bonchev–Trinajstić information content (AvgIpc) is 2.55. The summed E-state index contributed by atoms with van der Waals surface area (Å²) in [6.45, 7) is 2.84. The standard InChI is InChI=1S/C19H18N2O/c1-14-5-7-15(8-6-14)11-21-18-9-17(12-20-13-18)16-3-2-4-19(22)10-16/h2-10,12-13,21-22H,11H2,1H3. The van der Waals surface area contributed by atoms with E-state index >= 15 is 0 Å². The van der Waals surface area contributed by atoms with Crippen LogP contribution >= 0.6 is 0 Å². The van der Waals surface area contributed by atoms with Crippen LogP contribution in [0.3, 0.4) is 0 Å². The average molecular weight is 290 g/mol. The number of rotatable bonds is 4. The van der Waals surface area contributed by atoms with Crippen LogP contribution in [0.25, 0.3) is 11.1 Å². The van der Waals surface area contributed by atoms with Gasteiger partial charge in [0.05, 0.1) is 5.69 Å². The number of hydrogen-bond acceptors (Lipinski definition) is 3. The maximum absolute atomic E-state index is 9.58. The van der Waals surface area contributed by atoms with E-state index in [-0.39, 0.29) is 5.75 Å². The number of anilines is 1. The fourth-order valence-corrected chi connectivity index (χ4v) is 2.29. The van der Waals surface area contributed by atoms with Gasteiger partial charge in [0.25, 0.3) is 0 Å². The molecule has 0 bridgehead atoms. The van der Waals surface area contributed by atoms with Crippen molar-refractivity contribution in [2.24, 2.45) is 0 Å². The second kappa shape index (κ2) is 6.31. The number of nitrogens with one attached hydrogen (secondary N) is 1. The Morgan fingerprint density at radius 2 is 1.77 bits per heavy atom. The van der Waals surface area contributed by atoms with E-state index in [0.717, 1.165) is 23.4 Å². The first-order valence-electron chi connectivity index (χ1n) is 7.24. The summed E-state index contributed by atoms with van der Waals surface area (Å²) >= 11 is 0. The molecule has 0 saturated heterocycles. The molecule has 0 aliphatic heterocycles. The van der Waals surface area contributed by atoms with Crippen LogP contribution in [0.15, 0.2) is 67.0 Å². The minimum atomic E-state index is 0.260. The van der Waals surface area contributed by atoms with Gasteiger partial charge < -0.3 is 10.4 Å². The van der Waals surface area contributed by atoms with Gasteiger partial charge in [-0.1, -0.05) is 42.0 Å². The van der Waals surface area contributed by atoms with Crippen molar-refractivity contribution < 1.29 is 5.11 Å². The zero-order valence-electron chi connectivity index (χ0n) is 12.5. The first-order chi connectivity index (χ1) is 10.7. The molecule has 22 heavy (non-hydrogen) atoms. The van der Waals surface area contributed by atoms with Gasteiger partial charge in [-0.3, -0.25) is 4.98 Å². The van der Waals surface area contributed by atoms with Gasteiger partial charge in [0.1, 0.15) is 5.75 Å². The van der Waals surface area contributed by atoms with Gasteiger partial charge in [0, 0.05) is 24.5 Å². The van der Waals surface area contributed by atoms with E-state index in [0.29, 0.717) is 0 Å². The van der Waals surface area contributed by atoms with Crippen LogP contribution in [-0.4, -0.2) is 10.1 Å². The van der Waals surface area contributed by atoms with Crippen molar-refractivity contribution in [2.45, 2.75) is 13.5 Å². The number of hydrogen-bond donors (Lipinski definition) is 2. The zero-order valence-corrected chi connectivity index (χ0v) is 12.5. The van der Waals surface area contributed by atoms with Crippen molar-refractivity contribution in [1.29, 1.82) is 0 Å². The summed E-state index contributed by atoms with van der Waals surface area (Å²) in [6.07, 6.45) is 3.60. The Bertz CT molecular complexity index is 766. The van der Waals surface area contributed by atoms with Crippen molar-refractivity contribution in [3.63, 3.8) is 0 Å². The lowest BCUT2D eigenvalue weighted by molar-refractivity contribution is 0.475. The van der Waals surface area contributed by atoms with Gasteiger partial charge in [-0.15, -0.1) is 0 Å². The molecule has 1 heterocycles. The Hall–Kier alpha value is -2.81. The lowest BCUT2D eigenvalue weighted by Crippen LogP contribution is -2.00. The largest absolute Gasteiger partial charge is 0.508 e. The topological polar surface area (TPSA) is 45.2 Å². The number of benzene rings is 2. The predicted molar refractivity (Wildman–Crippen MR) is 89.8 cm³/mol. The molecule has 3 aromatic rings. The van der Waals surface area contributed by atoms with Crippen molar-refractivity contribution >= 4 is 5.69 Å². The highest BCUT2D eigenvalue weighted by Gasteiger charge is 2.01. The fraction of sp³-hybridized carbons (Fsp3) is 0.105. The van der Waals surface area contributed by atoms with Crippen molar-refractivity contribution in [3.8, 4) is 16.9 Å². The molecule has 0 atom stereocenters. The number of aromatic nitrogens is 1. The lowest BCUT2D eigenvalue weighted by atomic mass is 10.1. The van der Waals surface area contributed by atoms with Crippen LogP contribution < -0.4 is 5.32 Å². The number of pyridine rings is 1. The first kappa shape index (κ1) is 14.1. The molecule has 0 fully saturated rings. The normalized spacial score (nSPS) is 10.4. The van der Waals surface area contributed by atoms with Crippen LogP contribution in [0, 0.1) is 6.92 Å². The smallest absolute Gasteiger partial charge is 0.116 e. The van der Waals surface area contributed by atoms with Gasteiger partial charge in [0.2, 0.25) is 0 Å². The molecule has 2 aromatic carbocycles. The highest BCUT2D eigenvalue weighted by Crippen LogP contribution is 2.24. The summed E-state index contributed by atoms with van der Waals surface area (Å²) in [5.41, 5.74) is 5.38. The third-order valence-electron chi connectivity index (χ3n) is 3.53. The van der Waals surface area contributed by atoms with E-state index in [1.165, 1.54) is 11.1 Å². The molecule has 3 nitrogen and oxygen atoms in total. The quantitative estimate of drug-likeness (QED) is 0.749. The fourth-order valence-electron chi connectivity index (χ4n) is 2.29. The molecule has 0 saturated carbocycles. The van der Waals surface area contributed by atoms with Gasteiger partial charge in [-0.2, -0.15) is 0 Å². The minimum Gasteiger partial charge on any atom is -0.508 e. The highest BCUT2D eigenvalue weighted by molar-refractivity contribution is 5.67. The summed E-state index contributed by atoms with van der Waals surface area (Å²) in [4.78, 5) is 4.27. The Balaban J connectivity index is 1.75. The molecule has 2 N–H and O–H groups in total. The van der Waals surface area contributed by atoms with Crippen molar-refractivity contribution in [1.82, 2.24) is 4.98 Å². The molecule has 0 aliphatic carbocycles. The molecule has 0 unspecified atom stereocenters. The first-order valence-corrected chi connectivity index (χ1v) is 7.24. The van der Waals surface area contributed by atoms with E-state index in [1.54, 1.807) is 24.5 Å². The Morgan fingerprint density at radius 1 is 0.955 bits per heavy atom. The highest BCUT2D eigenvalue weighted by atomic mass is 16.3. The van der Waals surface area contributed by atoms with E-state index < -0.39 is 0 Å². The summed E-state index contributed by atoms with van der Waals surface area (Å²) in [6, 6.07) is 17.7. The maximum atomic E-state index is 9.58. The van der Waals surface area contributed by atoms with Gasteiger partial charge in [-0.25, -0.2) is 0 Å². The minimum absolute atomic E-state index is 0.260. The summed E-state index contributed by atoms with van der Waals surface area (Å²) in [7, 11) is 0. The van der Waals surface area contributed by atoms with E-state index in [1.807, 2.05) is 18.2 Å². The molecule has 0 radical (unpaired) electrons. The summed E-state index contributed by atoms with van der Waals surface area (Å²) < 4.78 is 0. The second-order valence-corrected chi connectivity index (χ2v) is 5.35. The molecule has 0 amide bonds. The SMILES string of the molecule is Cc1ccc(CNc2cncc(-c3cccc(O)c3)c2)cc1. The Labute approximate surface area is 130 Å². The molecule has 0 spiro atoms. The number of aromatic hydroxyl groups is 1. The van der Waals surface area contributed by atoms with Crippen molar-refractivity contribution in [3.05, 3.63) is 78.1 Å². The third kappa shape index (κ3) is 3.44. The van der Waals surface area contributed by atoms with E-state index in [4.69, 9.17) is 0 Å². The number of aryl methyl sites for hydroxylation is 1. The zero-order chi connectivity index (χ0) is 15.4. The Morgan fingerprint density at radius 3 is 2.55 bits per heavy atom. The second-order valence-electron chi connectivity index (χ2n) is 5.35. The van der Waals surface area contributed by atoms with Gasteiger partial charge in [0.15, 0.2) is 0 Å². The maximum Gasteiger partial charge on any atom is 0.116 e. The monoisotopic (exact) mass is 290 g/mol.